The first-order valence-corrected chi connectivity index (χ1v) is 9.52. The van der Waals surface area contributed by atoms with E-state index >= 15 is 0 Å². The second-order valence-electron chi connectivity index (χ2n) is 7.48. The molecule has 25 heavy (non-hydrogen) atoms. The van der Waals surface area contributed by atoms with Crippen LogP contribution in [0.1, 0.15) is 48.1 Å². The molecule has 1 amide bonds. The lowest BCUT2D eigenvalue weighted by atomic mass is 9.87. The predicted molar refractivity (Wildman–Crippen MR) is 99.4 cm³/mol. The molecular formula is C22H27N2O+. The van der Waals surface area contributed by atoms with E-state index in [9.17, 15) is 4.79 Å². The molecule has 3 nitrogen and oxygen atoms in total. The van der Waals surface area contributed by atoms with Crippen LogP contribution in [0.5, 0.6) is 0 Å². The van der Waals surface area contributed by atoms with E-state index in [1.165, 1.54) is 27.2 Å². The van der Waals surface area contributed by atoms with Crippen molar-refractivity contribution in [3.05, 3.63) is 70.8 Å². The maximum atomic E-state index is 12.9. The van der Waals surface area contributed by atoms with E-state index in [1.807, 2.05) is 0 Å². The van der Waals surface area contributed by atoms with E-state index in [4.69, 9.17) is 0 Å². The third-order valence-electron chi connectivity index (χ3n) is 5.94. The molecule has 1 unspecified atom stereocenters. The van der Waals surface area contributed by atoms with Crippen molar-refractivity contribution in [1.82, 2.24) is 5.32 Å². The molecule has 3 heteroatoms. The summed E-state index contributed by atoms with van der Waals surface area (Å²) in [5.41, 5.74) is 5.55. The zero-order chi connectivity index (χ0) is 17.2. The summed E-state index contributed by atoms with van der Waals surface area (Å²) in [5, 5.41) is 3.34. The third-order valence-corrected chi connectivity index (χ3v) is 5.94. The van der Waals surface area contributed by atoms with Gasteiger partial charge >= 0.3 is 0 Å². The number of hydrogen-bond donors (Lipinski definition) is 2. The largest absolute Gasteiger partial charge is 0.344 e. The maximum Gasteiger partial charge on any atom is 0.278 e. The van der Waals surface area contributed by atoms with E-state index in [-0.39, 0.29) is 18.0 Å². The zero-order valence-electron chi connectivity index (χ0n) is 14.9. The Kier molecular flexibility index (Phi) is 4.58. The normalized spacial score (nSPS) is 23.2. The van der Waals surface area contributed by atoms with Gasteiger partial charge in [0.25, 0.3) is 5.91 Å². The molecule has 0 saturated heterocycles. The Hall–Kier alpha value is -2.13. The SMILES string of the molecule is C[C@H](C(=O)N[C@H]1CCCc2ccccc21)[NH+]1CCc2ccccc2C1. The van der Waals surface area contributed by atoms with E-state index in [0.29, 0.717) is 0 Å². The first-order valence-electron chi connectivity index (χ1n) is 9.52. The number of carbonyl (C=O) groups excluding carboxylic acids is 1. The van der Waals surface area contributed by atoms with E-state index in [0.717, 1.165) is 38.8 Å². The second-order valence-corrected chi connectivity index (χ2v) is 7.48. The molecule has 1 aliphatic carbocycles. The number of nitrogens with one attached hydrogen (secondary N) is 2. The van der Waals surface area contributed by atoms with E-state index in [2.05, 4.69) is 60.8 Å². The molecule has 2 aromatic carbocycles. The van der Waals surface area contributed by atoms with Crippen molar-refractivity contribution < 1.29 is 9.69 Å². The van der Waals surface area contributed by atoms with Crippen molar-refractivity contribution in [2.45, 2.75) is 51.2 Å². The van der Waals surface area contributed by atoms with Crippen molar-refractivity contribution in [1.29, 1.82) is 0 Å². The maximum absolute atomic E-state index is 12.9. The number of fused-ring (bicyclic) bond motifs is 2. The lowest BCUT2D eigenvalue weighted by molar-refractivity contribution is -0.929. The Balaban J connectivity index is 1.44. The van der Waals surface area contributed by atoms with Gasteiger partial charge in [-0.3, -0.25) is 4.79 Å². The molecule has 2 aliphatic rings. The topological polar surface area (TPSA) is 33.5 Å². The molecule has 130 valence electrons. The molecule has 4 rings (SSSR count). The molecule has 3 atom stereocenters. The number of benzene rings is 2. The van der Waals surface area contributed by atoms with Crippen LogP contribution in [0.15, 0.2) is 48.5 Å². The van der Waals surface area contributed by atoms with Gasteiger partial charge < -0.3 is 10.2 Å². The fraction of sp³-hybridized carbons (Fsp3) is 0.409. The number of quaternary nitrogens is 1. The minimum absolute atomic E-state index is 0.0116. The highest BCUT2D eigenvalue weighted by atomic mass is 16.2. The molecule has 0 spiro atoms. The van der Waals surface area contributed by atoms with Gasteiger partial charge in [0, 0.05) is 12.0 Å². The Morgan fingerprint density at radius 2 is 1.76 bits per heavy atom. The fourth-order valence-corrected chi connectivity index (χ4v) is 4.36. The molecule has 0 bridgehead atoms. The Morgan fingerprint density at radius 1 is 1.04 bits per heavy atom. The van der Waals surface area contributed by atoms with Crippen LogP contribution < -0.4 is 10.2 Å². The minimum Gasteiger partial charge on any atom is -0.344 e. The van der Waals surface area contributed by atoms with Crippen LogP contribution in [-0.4, -0.2) is 18.5 Å². The Morgan fingerprint density at radius 3 is 2.60 bits per heavy atom. The third kappa shape index (κ3) is 3.34. The van der Waals surface area contributed by atoms with E-state index in [1.54, 1.807) is 0 Å². The molecule has 1 aliphatic heterocycles. The van der Waals surface area contributed by atoms with Crippen molar-refractivity contribution >= 4 is 5.91 Å². The molecule has 2 N–H and O–H groups in total. The van der Waals surface area contributed by atoms with Crippen LogP contribution >= 0.6 is 0 Å². The number of rotatable bonds is 3. The van der Waals surface area contributed by atoms with Crippen molar-refractivity contribution in [2.75, 3.05) is 6.54 Å². The van der Waals surface area contributed by atoms with Crippen molar-refractivity contribution in [2.24, 2.45) is 0 Å². The minimum atomic E-state index is -0.0116. The first kappa shape index (κ1) is 16.3. The molecule has 1 heterocycles. The number of aryl methyl sites for hydroxylation is 1. The number of carbonyl (C=O) groups is 1. The Bertz CT molecular complexity index is 770. The Labute approximate surface area is 150 Å². The van der Waals surface area contributed by atoms with Crippen LogP contribution in [0.4, 0.5) is 0 Å². The van der Waals surface area contributed by atoms with E-state index < -0.39 is 0 Å². The molecule has 0 saturated carbocycles. The summed E-state index contributed by atoms with van der Waals surface area (Å²) in [6.45, 7) is 4.06. The summed E-state index contributed by atoms with van der Waals surface area (Å²) in [5.74, 6) is 0.191. The van der Waals surface area contributed by atoms with Gasteiger partial charge in [0.05, 0.1) is 12.6 Å². The van der Waals surface area contributed by atoms with Gasteiger partial charge in [0.15, 0.2) is 6.04 Å². The average molecular weight is 335 g/mol. The smallest absolute Gasteiger partial charge is 0.278 e. The molecule has 2 aromatic rings. The van der Waals surface area contributed by atoms with Crippen LogP contribution in [0, 0.1) is 0 Å². The zero-order valence-corrected chi connectivity index (χ0v) is 14.9. The van der Waals surface area contributed by atoms with Crippen LogP contribution in [-0.2, 0) is 24.2 Å². The lowest BCUT2D eigenvalue weighted by Crippen LogP contribution is -3.16. The standard InChI is InChI=1S/C22H26N2O/c1-16(24-14-13-17-7-2-3-9-19(17)15-24)22(25)23-21-12-6-10-18-8-4-5-11-20(18)21/h2-5,7-9,11,16,21H,6,10,12-15H2,1H3,(H,23,25)/p+1/t16-,21+/m1/s1. The van der Waals surface area contributed by atoms with Gasteiger partial charge in [-0.25, -0.2) is 0 Å². The van der Waals surface area contributed by atoms with Crippen LogP contribution in [0.2, 0.25) is 0 Å². The van der Waals surface area contributed by atoms with Gasteiger partial charge in [-0.1, -0.05) is 48.5 Å². The highest BCUT2D eigenvalue weighted by Gasteiger charge is 2.31. The first-order chi connectivity index (χ1) is 12.2. The highest BCUT2D eigenvalue weighted by molar-refractivity contribution is 5.80. The average Bonchev–Trinajstić information content (AvgIpc) is 2.67. The summed E-state index contributed by atoms with van der Waals surface area (Å²) < 4.78 is 0. The molecular weight excluding hydrogens is 308 g/mol. The number of hydrogen-bond acceptors (Lipinski definition) is 1. The van der Waals surface area contributed by atoms with Crippen molar-refractivity contribution in [3.8, 4) is 0 Å². The summed E-state index contributed by atoms with van der Waals surface area (Å²) in [6, 6.07) is 17.4. The number of amides is 1. The quantitative estimate of drug-likeness (QED) is 0.886. The second kappa shape index (κ2) is 7.01. The molecule has 0 fully saturated rings. The van der Waals surface area contributed by atoms with Gasteiger partial charge in [-0.2, -0.15) is 0 Å². The van der Waals surface area contributed by atoms with Gasteiger partial charge in [0.1, 0.15) is 6.54 Å². The summed E-state index contributed by atoms with van der Waals surface area (Å²) in [4.78, 5) is 14.3. The van der Waals surface area contributed by atoms with Gasteiger partial charge in [-0.15, -0.1) is 0 Å². The summed E-state index contributed by atoms with van der Waals surface area (Å²) >= 11 is 0. The van der Waals surface area contributed by atoms with Crippen LogP contribution in [0.3, 0.4) is 0 Å². The van der Waals surface area contributed by atoms with Gasteiger partial charge in [-0.05, 0) is 42.9 Å². The lowest BCUT2D eigenvalue weighted by Gasteiger charge is -2.32. The highest BCUT2D eigenvalue weighted by Crippen LogP contribution is 2.29. The van der Waals surface area contributed by atoms with Crippen LogP contribution in [0.25, 0.3) is 0 Å². The molecule has 0 radical (unpaired) electrons. The van der Waals surface area contributed by atoms with Crippen molar-refractivity contribution in [3.63, 3.8) is 0 Å². The van der Waals surface area contributed by atoms with Gasteiger partial charge in [0.2, 0.25) is 0 Å². The summed E-state index contributed by atoms with van der Waals surface area (Å²) in [6.07, 6.45) is 4.40. The molecule has 0 aromatic heterocycles. The fourth-order valence-electron chi connectivity index (χ4n) is 4.36. The monoisotopic (exact) mass is 335 g/mol. The predicted octanol–water partition coefficient (Wildman–Crippen LogP) is 2.21. The summed E-state index contributed by atoms with van der Waals surface area (Å²) in [7, 11) is 0.